The topological polar surface area (TPSA) is 83.6 Å². The second-order valence-corrected chi connectivity index (χ2v) is 7.00. The number of carbonyl (C=O) groups is 1. The Morgan fingerprint density at radius 1 is 1.21 bits per heavy atom. The van der Waals surface area contributed by atoms with Crippen molar-refractivity contribution in [2.24, 2.45) is 0 Å². The molecule has 2 aromatic carbocycles. The van der Waals surface area contributed by atoms with E-state index >= 15 is 0 Å². The Balaban J connectivity index is 1.92. The number of fused-ring (bicyclic) bond motifs is 2. The van der Waals surface area contributed by atoms with E-state index in [9.17, 15) is 10.1 Å². The molecule has 0 radical (unpaired) electrons. The minimum atomic E-state index is -0.324. The summed E-state index contributed by atoms with van der Waals surface area (Å²) in [6, 6.07) is 16.7. The van der Waals surface area contributed by atoms with Crippen LogP contribution in [0, 0.1) is 11.3 Å². The van der Waals surface area contributed by atoms with E-state index in [0.29, 0.717) is 40.1 Å². The summed E-state index contributed by atoms with van der Waals surface area (Å²) in [5.41, 5.74) is 3.13. The van der Waals surface area contributed by atoms with Gasteiger partial charge < -0.3 is 9.88 Å². The molecule has 0 saturated heterocycles. The Bertz CT molecular complexity index is 1290. The maximum absolute atomic E-state index is 12.8. The largest absolute Gasteiger partial charge is 0.307 e. The van der Waals surface area contributed by atoms with Crippen LogP contribution in [0.5, 0.6) is 0 Å². The van der Waals surface area contributed by atoms with Crippen LogP contribution in [-0.4, -0.2) is 20.4 Å². The van der Waals surface area contributed by atoms with Crippen LogP contribution in [0.15, 0.2) is 65.7 Å². The SMILES string of the molecule is C=CCn1c(NC(=O)c2cccc(Br)c2)c(C#N)c2nc3ccccc3nc21. The maximum atomic E-state index is 12.8. The van der Waals surface area contributed by atoms with Gasteiger partial charge in [0.05, 0.1) is 11.0 Å². The number of amides is 1. The number of allylic oxidation sites excluding steroid dienone is 1. The Morgan fingerprint density at radius 3 is 2.64 bits per heavy atom. The number of hydrogen-bond donors (Lipinski definition) is 1. The molecule has 0 atom stereocenters. The highest BCUT2D eigenvalue weighted by molar-refractivity contribution is 9.10. The van der Waals surface area contributed by atoms with Gasteiger partial charge in [0.1, 0.15) is 23.0 Å². The van der Waals surface area contributed by atoms with Crippen LogP contribution >= 0.6 is 15.9 Å². The minimum absolute atomic E-state index is 0.276. The van der Waals surface area contributed by atoms with E-state index < -0.39 is 0 Å². The third kappa shape index (κ3) is 3.04. The zero-order valence-electron chi connectivity index (χ0n) is 14.7. The molecule has 0 bridgehead atoms. The third-order valence-electron chi connectivity index (χ3n) is 4.29. The molecule has 0 fully saturated rings. The van der Waals surface area contributed by atoms with Gasteiger partial charge in [-0.05, 0) is 30.3 Å². The molecular formula is C21H14BrN5O. The fourth-order valence-electron chi connectivity index (χ4n) is 3.05. The average molecular weight is 432 g/mol. The van der Waals surface area contributed by atoms with Crippen molar-refractivity contribution in [3.63, 3.8) is 0 Å². The van der Waals surface area contributed by atoms with Crippen molar-refractivity contribution in [2.75, 3.05) is 5.32 Å². The van der Waals surface area contributed by atoms with Gasteiger partial charge in [0, 0.05) is 16.6 Å². The van der Waals surface area contributed by atoms with Crippen LogP contribution < -0.4 is 5.32 Å². The van der Waals surface area contributed by atoms with E-state index in [1.54, 1.807) is 28.8 Å². The smallest absolute Gasteiger partial charge is 0.256 e. The molecule has 4 rings (SSSR count). The van der Waals surface area contributed by atoms with Crippen molar-refractivity contribution in [2.45, 2.75) is 6.54 Å². The summed E-state index contributed by atoms with van der Waals surface area (Å²) >= 11 is 3.37. The van der Waals surface area contributed by atoms with Gasteiger partial charge in [-0.25, -0.2) is 9.97 Å². The Hall–Kier alpha value is -3.50. The number of carbonyl (C=O) groups excluding carboxylic acids is 1. The first-order valence-electron chi connectivity index (χ1n) is 8.49. The number of para-hydroxylation sites is 2. The molecule has 1 amide bonds. The van der Waals surface area contributed by atoms with Crippen LogP contribution in [0.3, 0.4) is 0 Å². The number of aromatic nitrogens is 3. The number of nitrogens with one attached hydrogen (secondary N) is 1. The Kier molecular flexibility index (Phi) is 4.63. The number of rotatable bonds is 4. The molecule has 2 aromatic heterocycles. The van der Waals surface area contributed by atoms with E-state index in [4.69, 9.17) is 0 Å². The number of benzene rings is 2. The zero-order valence-corrected chi connectivity index (χ0v) is 16.3. The molecule has 0 unspecified atom stereocenters. The molecular weight excluding hydrogens is 418 g/mol. The van der Waals surface area contributed by atoms with Crippen molar-refractivity contribution >= 4 is 49.9 Å². The van der Waals surface area contributed by atoms with E-state index in [-0.39, 0.29) is 11.5 Å². The number of nitriles is 1. The molecule has 2 heterocycles. The fraction of sp³-hybridized carbons (Fsp3) is 0.0476. The number of hydrogen-bond acceptors (Lipinski definition) is 4. The second kappa shape index (κ2) is 7.25. The lowest BCUT2D eigenvalue weighted by Gasteiger charge is -2.10. The van der Waals surface area contributed by atoms with E-state index in [1.807, 2.05) is 30.3 Å². The molecule has 136 valence electrons. The third-order valence-corrected chi connectivity index (χ3v) is 4.79. The first-order valence-corrected chi connectivity index (χ1v) is 9.28. The highest BCUT2D eigenvalue weighted by Crippen LogP contribution is 2.29. The highest BCUT2D eigenvalue weighted by atomic mass is 79.9. The maximum Gasteiger partial charge on any atom is 0.256 e. The zero-order chi connectivity index (χ0) is 19.7. The second-order valence-electron chi connectivity index (χ2n) is 6.08. The summed E-state index contributed by atoms with van der Waals surface area (Å²) < 4.78 is 2.54. The summed E-state index contributed by atoms with van der Waals surface area (Å²) in [7, 11) is 0. The van der Waals surface area contributed by atoms with Gasteiger partial charge >= 0.3 is 0 Å². The summed E-state index contributed by atoms with van der Waals surface area (Å²) in [5.74, 6) is 0.0353. The predicted molar refractivity (Wildman–Crippen MR) is 112 cm³/mol. The molecule has 0 saturated carbocycles. The summed E-state index contributed by atoms with van der Waals surface area (Å²) in [6.45, 7) is 4.15. The lowest BCUT2D eigenvalue weighted by Crippen LogP contribution is -2.16. The van der Waals surface area contributed by atoms with Crippen molar-refractivity contribution in [3.05, 3.63) is 76.8 Å². The summed E-state index contributed by atoms with van der Waals surface area (Å²) in [4.78, 5) is 22.0. The van der Waals surface area contributed by atoms with Crippen molar-refractivity contribution in [3.8, 4) is 6.07 Å². The first-order chi connectivity index (χ1) is 13.6. The van der Waals surface area contributed by atoms with Gasteiger partial charge in [-0.1, -0.05) is 40.2 Å². The molecule has 7 heteroatoms. The van der Waals surface area contributed by atoms with Crippen LogP contribution in [0.4, 0.5) is 5.82 Å². The van der Waals surface area contributed by atoms with Gasteiger partial charge in [-0.2, -0.15) is 5.26 Å². The van der Waals surface area contributed by atoms with Gasteiger partial charge in [0.25, 0.3) is 5.91 Å². The molecule has 4 aromatic rings. The van der Waals surface area contributed by atoms with Crippen molar-refractivity contribution in [1.82, 2.24) is 14.5 Å². The van der Waals surface area contributed by atoms with Crippen molar-refractivity contribution in [1.29, 1.82) is 5.26 Å². The molecule has 0 aliphatic rings. The highest BCUT2D eigenvalue weighted by Gasteiger charge is 2.22. The standard InChI is InChI=1S/C21H14BrN5O/c1-2-10-27-19(26-21(28)13-6-5-7-14(22)11-13)15(12-23)18-20(27)25-17-9-4-3-8-16(17)24-18/h2-9,11H,1,10H2,(H,26,28). The van der Waals surface area contributed by atoms with Gasteiger partial charge in [0.2, 0.25) is 0 Å². The van der Waals surface area contributed by atoms with Crippen molar-refractivity contribution < 1.29 is 4.79 Å². The summed E-state index contributed by atoms with van der Waals surface area (Å²) in [6.07, 6.45) is 1.69. The van der Waals surface area contributed by atoms with Crippen LogP contribution in [-0.2, 0) is 6.54 Å². The Morgan fingerprint density at radius 2 is 1.96 bits per heavy atom. The minimum Gasteiger partial charge on any atom is -0.307 e. The van der Waals surface area contributed by atoms with E-state index in [1.165, 1.54) is 0 Å². The monoisotopic (exact) mass is 431 g/mol. The van der Waals surface area contributed by atoms with Gasteiger partial charge in [-0.15, -0.1) is 6.58 Å². The lowest BCUT2D eigenvalue weighted by atomic mass is 10.2. The lowest BCUT2D eigenvalue weighted by molar-refractivity contribution is 0.102. The molecule has 28 heavy (non-hydrogen) atoms. The number of nitrogens with zero attached hydrogens (tertiary/aromatic N) is 4. The molecule has 1 N–H and O–H groups in total. The number of anilines is 1. The van der Waals surface area contributed by atoms with Crippen LogP contribution in [0.25, 0.3) is 22.2 Å². The predicted octanol–water partition coefficient (Wildman–Crippen LogP) is 4.66. The van der Waals surface area contributed by atoms with Gasteiger partial charge in [0.15, 0.2) is 5.65 Å². The fourth-order valence-corrected chi connectivity index (χ4v) is 3.45. The normalized spacial score (nSPS) is 10.7. The van der Waals surface area contributed by atoms with Crippen LogP contribution in [0.2, 0.25) is 0 Å². The quantitative estimate of drug-likeness (QED) is 0.476. The van der Waals surface area contributed by atoms with Crippen LogP contribution in [0.1, 0.15) is 15.9 Å². The van der Waals surface area contributed by atoms with Gasteiger partial charge in [-0.3, -0.25) is 4.79 Å². The molecule has 6 nitrogen and oxygen atoms in total. The average Bonchev–Trinajstić information content (AvgIpc) is 2.98. The Labute approximate surface area is 169 Å². The van der Waals surface area contributed by atoms with E-state index in [0.717, 1.165) is 4.47 Å². The molecule has 0 spiro atoms. The van der Waals surface area contributed by atoms with E-state index in [2.05, 4.69) is 43.9 Å². The molecule has 0 aliphatic carbocycles. The number of halogens is 1. The summed E-state index contributed by atoms with van der Waals surface area (Å²) in [5, 5.41) is 12.6. The first kappa shape index (κ1) is 17.9. The molecule has 0 aliphatic heterocycles.